The number of hydrogen-bond donors (Lipinski definition) is 3. The van der Waals surface area contributed by atoms with Gasteiger partial charge in [0.15, 0.2) is 11.6 Å². The molecule has 1 aliphatic carbocycles. The zero-order valence-corrected chi connectivity index (χ0v) is 20.6. The monoisotopic (exact) mass is 502 g/mol. The molecule has 0 saturated heterocycles. The number of alkyl halides is 1. The van der Waals surface area contributed by atoms with E-state index in [9.17, 15) is 14.3 Å². The number of H-pyrrole nitrogens is 1. The van der Waals surface area contributed by atoms with Crippen molar-refractivity contribution in [3.63, 3.8) is 0 Å². The second kappa shape index (κ2) is 11.4. The summed E-state index contributed by atoms with van der Waals surface area (Å²) in [6.45, 7) is 4.28. The maximum atomic E-state index is 15.9. The summed E-state index contributed by atoms with van der Waals surface area (Å²) in [7, 11) is 0. The smallest absolute Gasteiger partial charge is 0.306 e. The summed E-state index contributed by atoms with van der Waals surface area (Å²) in [5, 5.41) is 13.6. The third-order valence-electron chi connectivity index (χ3n) is 7.32. The van der Waals surface area contributed by atoms with Crippen molar-refractivity contribution in [1.82, 2.24) is 10.3 Å². The lowest BCUT2D eigenvalue weighted by atomic mass is 9.66. The molecule has 8 heteroatoms. The third-order valence-corrected chi connectivity index (χ3v) is 7.32. The van der Waals surface area contributed by atoms with Crippen LogP contribution in [0.3, 0.4) is 0 Å². The first-order valence-corrected chi connectivity index (χ1v) is 12.5. The van der Waals surface area contributed by atoms with E-state index in [-0.39, 0.29) is 29.8 Å². The van der Waals surface area contributed by atoms with Gasteiger partial charge in [-0.3, -0.25) is 9.18 Å². The fraction of sp³-hybridized carbons (Fsp3) is 0.464. The molecule has 0 aliphatic heterocycles. The highest BCUT2D eigenvalue weighted by molar-refractivity contribution is 5.85. The minimum absolute atomic E-state index is 0.00610. The molecule has 3 N–H and O–H groups in total. The maximum absolute atomic E-state index is 15.9. The van der Waals surface area contributed by atoms with Crippen LogP contribution in [0.15, 0.2) is 36.4 Å². The largest absolute Gasteiger partial charge is 0.489 e. The van der Waals surface area contributed by atoms with Crippen LogP contribution in [0, 0.1) is 29.4 Å². The number of carbonyl (C=O) groups is 1. The molecule has 0 amide bonds. The number of carboxylic acid groups (broad SMARTS) is 1. The molecule has 5 nitrogen and oxygen atoms in total. The van der Waals surface area contributed by atoms with Gasteiger partial charge in [0.05, 0.1) is 12.6 Å². The number of ether oxygens (including phenoxy) is 1. The molecule has 0 bridgehead atoms. The van der Waals surface area contributed by atoms with Crippen molar-refractivity contribution in [1.29, 1.82) is 0 Å². The Labute approximate surface area is 209 Å². The van der Waals surface area contributed by atoms with Gasteiger partial charge in [0.1, 0.15) is 12.4 Å². The fourth-order valence-corrected chi connectivity index (χ4v) is 5.45. The first kappa shape index (κ1) is 26.1. The second-order valence-corrected chi connectivity index (χ2v) is 9.77. The quantitative estimate of drug-likeness (QED) is 0.289. The van der Waals surface area contributed by atoms with Gasteiger partial charge in [-0.2, -0.15) is 0 Å². The standard InChI is InChI=1S/C28H33F3N2O3/c1-16-14-20-18-6-3-4-7-22(18)33-27(20)24(19(16)15-17(2)28(34)35)25-21(30)8-9-23(26(25)31)36-13-12-32-11-5-10-29/h3-4,6-9,16-17,19,24,32-33H,5,10-15H2,1-2H3,(H,34,35)/t16-,17+,19?,24-/m1/s1. The summed E-state index contributed by atoms with van der Waals surface area (Å²) in [6.07, 6.45) is 1.37. The molecule has 1 aliphatic rings. The molecule has 3 aromatic rings. The molecular formula is C28H33F3N2O3. The average Bonchev–Trinajstić information content (AvgIpc) is 3.22. The van der Waals surface area contributed by atoms with Crippen LogP contribution in [0.25, 0.3) is 10.9 Å². The molecule has 1 heterocycles. The molecule has 4 rings (SSSR count). The Morgan fingerprint density at radius 2 is 2.00 bits per heavy atom. The molecule has 0 radical (unpaired) electrons. The van der Waals surface area contributed by atoms with Gasteiger partial charge < -0.3 is 20.1 Å². The maximum Gasteiger partial charge on any atom is 0.306 e. The molecule has 0 saturated carbocycles. The lowest BCUT2D eigenvalue weighted by Crippen LogP contribution is -2.32. The Hall–Kier alpha value is -3.00. The van der Waals surface area contributed by atoms with E-state index >= 15 is 8.78 Å². The number of benzene rings is 2. The number of aromatic nitrogens is 1. The van der Waals surface area contributed by atoms with Crippen molar-refractivity contribution in [3.05, 3.63) is 64.9 Å². The van der Waals surface area contributed by atoms with E-state index in [4.69, 9.17) is 4.74 Å². The van der Waals surface area contributed by atoms with Gasteiger partial charge in [-0.05, 0) is 61.4 Å². The van der Waals surface area contributed by atoms with Crippen molar-refractivity contribution >= 4 is 16.9 Å². The third kappa shape index (κ3) is 5.24. The zero-order valence-electron chi connectivity index (χ0n) is 20.6. The van der Waals surface area contributed by atoms with Crippen LogP contribution in [0.4, 0.5) is 13.2 Å². The lowest BCUT2D eigenvalue weighted by molar-refractivity contribution is -0.141. The number of nitrogens with one attached hydrogen (secondary N) is 2. The second-order valence-electron chi connectivity index (χ2n) is 9.77. The normalized spacial score (nSPS) is 20.3. The zero-order chi connectivity index (χ0) is 25.8. The van der Waals surface area contributed by atoms with Gasteiger partial charge in [-0.1, -0.05) is 32.0 Å². The summed E-state index contributed by atoms with van der Waals surface area (Å²) in [5.74, 6) is -4.07. The number of fused-ring (bicyclic) bond motifs is 3. The van der Waals surface area contributed by atoms with Crippen molar-refractivity contribution in [2.45, 2.75) is 39.0 Å². The van der Waals surface area contributed by atoms with Gasteiger partial charge in [0.25, 0.3) is 0 Å². The van der Waals surface area contributed by atoms with E-state index in [0.717, 1.165) is 22.2 Å². The van der Waals surface area contributed by atoms with E-state index in [1.54, 1.807) is 6.92 Å². The predicted molar refractivity (Wildman–Crippen MR) is 133 cm³/mol. The highest BCUT2D eigenvalue weighted by atomic mass is 19.1. The Kier molecular flexibility index (Phi) is 8.24. The SMILES string of the molecule is C[C@@H]1Cc2c([nH]c3ccccc23)[C@@H](c2c(F)ccc(OCCNCCCF)c2F)C1C[C@H](C)C(=O)O. The van der Waals surface area contributed by atoms with E-state index in [1.165, 1.54) is 12.1 Å². The number of hydrogen-bond acceptors (Lipinski definition) is 3. The number of para-hydroxylation sites is 1. The number of aliphatic carboxylic acids is 1. The van der Waals surface area contributed by atoms with Crippen LogP contribution in [-0.2, 0) is 11.2 Å². The van der Waals surface area contributed by atoms with Gasteiger partial charge in [-0.25, -0.2) is 8.78 Å². The van der Waals surface area contributed by atoms with Crippen LogP contribution >= 0.6 is 0 Å². The van der Waals surface area contributed by atoms with Gasteiger partial charge >= 0.3 is 5.97 Å². The summed E-state index contributed by atoms with van der Waals surface area (Å²) in [5.41, 5.74) is 2.54. The van der Waals surface area contributed by atoms with E-state index < -0.39 is 36.1 Å². The molecular weight excluding hydrogens is 469 g/mol. The van der Waals surface area contributed by atoms with E-state index in [0.29, 0.717) is 32.4 Å². The summed E-state index contributed by atoms with van der Waals surface area (Å²) in [4.78, 5) is 15.1. The van der Waals surface area contributed by atoms with Gasteiger partial charge in [0.2, 0.25) is 0 Å². The molecule has 4 atom stereocenters. The predicted octanol–water partition coefficient (Wildman–Crippen LogP) is 5.83. The molecule has 1 unspecified atom stereocenters. The van der Waals surface area contributed by atoms with Crippen molar-refractivity contribution < 1.29 is 27.8 Å². The average molecular weight is 503 g/mol. The summed E-state index contributed by atoms with van der Waals surface area (Å²) < 4.78 is 49.2. The number of aromatic amines is 1. The Bertz CT molecular complexity index is 1210. The van der Waals surface area contributed by atoms with Crippen molar-refractivity contribution in [3.8, 4) is 5.75 Å². The van der Waals surface area contributed by atoms with Gasteiger partial charge in [-0.15, -0.1) is 0 Å². The molecule has 2 aromatic carbocycles. The topological polar surface area (TPSA) is 74.3 Å². The first-order valence-electron chi connectivity index (χ1n) is 12.5. The highest BCUT2D eigenvalue weighted by Crippen LogP contribution is 2.50. The highest BCUT2D eigenvalue weighted by Gasteiger charge is 2.42. The molecule has 194 valence electrons. The molecule has 36 heavy (non-hydrogen) atoms. The van der Waals surface area contributed by atoms with Crippen LogP contribution in [0.1, 0.15) is 49.4 Å². The number of rotatable bonds is 11. The first-order chi connectivity index (χ1) is 17.3. The summed E-state index contributed by atoms with van der Waals surface area (Å²) >= 11 is 0. The van der Waals surface area contributed by atoms with Crippen LogP contribution in [0.2, 0.25) is 0 Å². The number of halogens is 3. The minimum atomic E-state index is -0.929. The minimum Gasteiger partial charge on any atom is -0.489 e. The Morgan fingerprint density at radius 1 is 1.22 bits per heavy atom. The van der Waals surface area contributed by atoms with E-state index in [1.807, 2.05) is 31.2 Å². The fourth-order valence-electron chi connectivity index (χ4n) is 5.45. The Balaban J connectivity index is 1.75. The van der Waals surface area contributed by atoms with Crippen LogP contribution < -0.4 is 10.1 Å². The number of carboxylic acids is 1. The van der Waals surface area contributed by atoms with Crippen LogP contribution in [0.5, 0.6) is 5.75 Å². The van der Waals surface area contributed by atoms with Gasteiger partial charge in [0, 0.05) is 34.6 Å². The molecule has 0 spiro atoms. The summed E-state index contributed by atoms with van der Waals surface area (Å²) in [6, 6.07) is 10.3. The lowest BCUT2D eigenvalue weighted by Gasteiger charge is -2.38. The van der Waals surface area contributed by atoms with Crippen molar-refractivity contribution in [2.75, 3.05) is 26.4 Å². The Morgan fingerprint density at radius 3 is 2.75 bits per heavy atom. The van der Waals surface area contributed by atoms with E-state index in [2.05, 4.69) is 10.3 Å². The molecule has 1 aromatic heterocycles. The van der Waals surface area contributed by atoms with Crippen molar-refractivity contribution in [2.24, 2.45) is 17.8 Å². The van der Waals surface area contributed by atoms with Crippen LogP contribution in [-0.4, -0.2) is 42.4 Å². The molecule has 0 fully saturated rings.